The van der Waals surface area contributed by atoms with Gasteiger partial charge in [0.15, 0.2) is 15.6 Å². The second kappa shape index (κ2) is 10.0. The SMILES string of the molecule is O=c1ccc(-c2cc(-c3ccc(OC(F)(F)F)cc3)no2)cn1Cc1cccc(N2CCS(=O)(=O)CC2)c1. The van der Waals surface area contributed by atoms with Crippen LogP contribution in [0, 0.1) is 0 Å². The molecule has 1 aliphatic rings. The minimum Gasteiger partial charge on any atom is -0.406 e. The molecule has 1 fully saturated rings. The van der Waals surface area contributed by atoms with Gasteiger partial charge in [0.25, 0.3) is 5.56 Å². The number of anilines is 1. The van der Waals surface area contributed by atoms with Crippen molar-refractivity contribution in [2.45, 2.75) is 12.9 Å². The smallest absolute Gasteiger partial charge is 0.406 e. The van der Waals surface area contributed by atoms with Crippen molar-refractivity contribution in [3.63, 3.8) is 0 Å². The summed E-state index contributed by atoms with van der Waals surface area (Å²) in [5.74, 6) is 0.270. The minimum atomic E-state index is -4.77. The van der Waals surface area contributed by atoms with Crippen LogP contribution >= 0.6 is 0 Å². The molecule has 0 aliphatic carbocycles. The molecular weight excluding hydrogens is 523 g/mol. The largest absolute Gasteiger partial charge is 0.573 e. The summed E-state index contributed by atoms with van der Waals surface area (Å²) in [7, 11) is -2.99. The molecule has 2 aromatic heterocycles. The molecule has 2 aromatic carbocycles. The maximum absolute atomic E-state index is 12.6. The normalized spacial score (nSPS) is 15.4. The van der Waals surface area contributed by atoms with Crippen LogP contribution < -0.4 is 15.2 Å². The topological polar surface area (TPSA) is 94.6 Å². The molecule has 1 saturated heterocycles. The summed E-state index contributed by atoms with van der Waals surface area (Å²) in [6.07, 6.45) is -3.13. The van der Waals surface area contributed by atoms with E-state index < -0.39 is 16.2 Å². The van der Waals surface area contributed by atoms with E-state index in [2.05, 4.69) is 9.89 Å². The highest BCUT2D eigenvalue weighted by Gasteiger charge is 2.31. The third-order valence-corrected chi connectivity index (χ3v) is 7.74. The third kappa shape index (κ3) is 6.08. The Kier molecular flexibility index (Phi) is 6.74. The molecule has 4 aromatic rings. The summed E-state index contributed by atoms with van der Waals surface area (Å²) >= 11 is 0. The third-order valence-electron chi connectivity index (χ3n) is 6.13. The fourth-order valence-corrected chi connectivity index (χ4v) is 5.40. The van der Waals surface area contributed by atoms with Gasteiger partial charge in [0.05, 0.1) is 18.1 Å². The minimum absolute atomic E-state index is 0.114. The van der Waals surface area contributed by atoms with Gasteiger partial charge in [-0.1, -0.05) is 17.3 Å². The zero-order valence-corrected chi connectivity index (χ0v) is 20.7. The monoisotopic (exact) mass is 545 g/mol. The van der Waals surface area contributed by atoms with E-state index in [0.717, 1.165) is 11.3 Å². The molecular formula is C26H22F3N3O5S. The van der Waals surface area contributed by atoms with Crippen LogP contribution in [-0.4, -0.2) is 49.1 Å². The number of pyridine rings is 1. The van der Waals surface area contributed by atoms with Crippen molar-refractivity contribution in [3.05, 3.63) is 88.8 Å². The van der Waals surface area contributed by atoms with Gasteiger partial charge in [-0.25, -0.2) is 8.42 Å². The van der Waals surface area contributed by atoms with E-state index in [1.54, 1.807) is 18.3 Å². The molecule has 0 bridgehead atoms. The quantitative estimate of drug-likeness (QED) is 0.356. The maximum Gasteiger partial charge on any atom is 0.573 e. The number of aromatic nitrogens is 2. The molecule has 38 heavy (non-hydrogen) atoms. The molecule has 12 heteroatoms. The first-order chi connectivity index (χ1) is 18.0. The lowest BCUT2D eigenvalue weighted by atomic mass is 10.1. The summed E-state index contributed by atoms with van der Waals surface area (Å²) < 4.78 is 71.5. The number of nitrogens with zero attached hydrogens (tertiary/aromatic N) is 3. The van der Waals surface area contributed by atoms with Crippen LogP contribution in [0.1, 0.15) is 5.56 Å². The summed E-state index contributed by atoms with van der Waals surface area (Å²) in [6, 6.07) is 17.5. The van der Waals surface area contributed by atoms with Crippen molar-refractivity contribution in [1.29, 1.82) is 0 Å². The summed E-state index contributed by atoms with van der Waals surface area (Å²) in [5, 5.41) is 4.00. The Bertz CT molecular complexity index is 1600. The fraction of sp³-hybridized carbons (Fsp3) is 0.231. The number of rotatable bonds is 6. The van der Waals surface area contributed by atoms with Crippen LogP contribution in [0.25, 0.3) is 22.6 Å². The van der Waals surface area contributed by atoms with Crippen molar-refractivity contribution in [1.82, 2.24) is 9.72 Å². The molecule has 0 amide bonds. The Morgan fingerprint density at radius 1 is 0.947 bits per heavy atom. The van der Waals surface area contributed by atoms with Crippen LogP contribution in [0.15, 0.2) is 82.2 Å². The number of benzene rings is 2. The fourth-order valence-electron chi connectivity index (χ4n) is 4.19. The Hall–Kier alpha value is -4.06. The molecule has 5 rings (SSSR count). The number of alkyl halides is 3. The first-order valence-electron chi connectivity index (χ1n) is 11.6. The van der Waals surface area contributed by atoms with E-state index in [1.165, 1.54) is 34.9 Å². The molecule has 1 aliphatic heterocycles. The van der Waals surface area contributed by atoms with Crippen LogP contribution in [-0.2, 0) is 16.4 Å². The van der Waals surface area contributed by atoms with Gasteiger partial charge >= 0.3 is 6.36 Å². The molecule has 8 nitrogen and oxygen atoms in total. The van der Waals surface area contributed by atoms with E-state index in [-0.39, 0.29) is 29.4 Å². The summed E-state index contributed by atoms with van der Waals surface area (Å²) in [4.78, 5) is 14.6. The molecule has 0 radical (unpaired) electrons. The second-order valence-corrected chi connectivity index (χ2v) is 11.1. The van der Waals surface area contributed by atoms with Gasteiger partial charge in [0, 0.05) is 48.2 Å². The predicted molar refractivity (Wildman–Crippen MR) is 135 cm³/mol. The van der Waals surface area contributed by atoms with Crippen molar-refractivity contribution >= 4 is 15.5 Å². The molecule has 0 unspecified atom stereocenters. The first kappa shape index (κ1) is 25.6. The van der Waals surface area contributed by atoms with Gasteiger partial charge in [-0.3, -0.25) is 4.79 Å². The Morgan fingerprint density at radius 3 is 2.37 bits per heavy atom. The van der Waals surface area contributed by atoms with Gasteiger partial charge in [-0.2, -0.15) is 0 Å². The van der Waals surface area contributed by atoms with E-state index in [1.807, 2.05) is 29.2 Å². The van der Waals surface area contributed by atoms with Gasteiger partial charge in [0.1, 0.15) is 11.4 Å². The average Bonchev–Trinajstić information content (AvgIpc) is 3.35. The summed E-state index contributed by atoms with van der Waals surface area (Å²) in [5.41, 5.74) is 3.08. The number of hydrogen-bond acceptors (Lipinski definition) is 7. The highest BCUT2D eigenvalue weighted by atomic mass is 32.2. The molecule has 198 valence electrons. The Morgan fingerprint density at radius 2 is 1.66 bits per heavy atom. The van der Waals surface area contributed by atoms with E-state index >= 15 is 0 Å². The molecule has 3 heterocycles. The van der Waals surface area contributed by atoms with Gasteiger partial charge in [-0.05, 0) is 48.0 Å². The predicted octanol–water partition coefficient (Wildman–Crippen LogP) is 4.35. The van der Waals surface area contributed by atoms with E-state index in [0.29, 0.717) is 35.7 Å². The molecule has 0 spiro atoms. The highest BCUT2D eigenvalue weighted by molar-refractivity contribution is 7.91. The number of halogens is 3. The molecule has 0 N–H and O–H groups in total. The number of ether oxygens (including phenoxy) is 1. The van der Waals surface area contributed by atoms with Crippen LogP contribution in [0.5, 0.6) is 5.75 Å². The zero-order valence-electron chi connectivity index (χ0n) is 19.9. The number of sulfone groups is 1. The summed E-state index contributed by atoms with van der Waals surface area (Å²) in [6.45, 7) is 1.13. The van der Waals surface area contributed by atoms with E-state index in [9.17, 15) is 26.4 Å². The first-order valence-corrected chi connectivity index (χ1v) is 13.4. The van der Waals surface area contributed by atoms with Gasteiger partial charge < -0.3 is 18.7 Å². The van der Waals surface area contributed by atoms with Gasteiger partial charge in [0.2, 0.25) is 0 Å². The lowest BCUT2D eigenvalue weighted by Crippen LogP contribution is -2.40. The standard InChI is InChI=1S/C26H22F3N3O5S/c27-26(28,29)36-22-7-4-19(5-8-22)23-15-24(37-30-23)20-6-9-25(33)32(17-20)16-18-2-1-3-21(14-18)31-10-12-38(34,35)13-11-31/h1-9,14-15,17H,10-13,16H2. The molecule has 0 atom stereocenters. The Labute approximate surface area is 215 Å². The van der Waals surface area contributed by atoms with Crippen molar-refractivity contribution in [2.75, 3.05) is 29.5 Å². The van der Waals surface area contributed by atoms with Crippen molar-refractivity contribution in [3.8, 4) is 28.3 Å². The molecule has 0 saturated carbocycles. The maximum atomic E-state index is 12.6. The Balaban J connectivity index is 1.33. The number of hydrogen-bond donors (Lipinski definition) is 0. The van der Waals surface area contributed by atoms with E-state index in [4.69, 9.17) is 4.52 Å². The highest BCUT2D eigenvalue weighted by Crippen LogP contribution is 2.29. The van der Waals surface area contributed by atoms with Gasteiger partial charge in [-0.15, -0.1) is 13.2 Å². The average molecular weight is 546 g/mol. The van der Waals surface area contributed by atoms with Crippen LogP contribution in [0.4, 0.5) is 18.9 Å². The van der Waals surface area contributed by atoms with Crippen molar-refractivity contribution < 1.29 is 30.8 Å². The lowest BCUT2D eigenvalue weighted by Gasteiger charge is -2.29. The van der Waals surface area contributed by atoms with Crippen LogP contribution in [0.2, 0.25) is 0 Å². The lowest BCUT2D eigenvalue weighted by molar-refractivity contribution is -0.274. The second-order valence-electron chi connectivity index (χ2n) is 8.84. The van der Waals surface area contributed by atoms with Crippen LogP contribution in [0.3, 0.4) is 0 Å². The van der Waals surface area contributed by atoms with Crippen molar-refractivity contribution in [2.24, 2.45) is 0 Å². The zero-order chi connectivity index (χ0) is 26.9.